The molecule has 0 saturated heterocycles. The van der Waals surface area contributed by atoms with Gasteiger partial charge in [0, 0.05) is 41.2 Å². The zero-order valence-corrected chi connectivity index (χ0v) is 38.2. The molecule has 7 atom stereocenters. The second-order valence-electron chi connectivity index (χ2n) is 19.5. The molecule has 0 radical (unpaired) electrons. The molecule has 13 rings (SSSR count). The van der Waals surface area contributed by atoms with Crippen molar-refractivity contribution in [1.82, 2.24) is 0 Å². The summed E-state index contributed by atoms with van der Waals surface area (Å²) in [6.45, 7) is 4.56. The maximum Gasteiger partial charge on any atom is 0.103 e. The summed E-state index contributed by atoms with van der Waals surface area (Å²) in [6, 6.07) is 46.9. The summed E-state index contributed by atoms with van der Waals surface area (Å²) in [5, 5.41) is 0. The lowest BCUT2D eigenvalue weighted by molar-refractivity contribution is 0.622. The molecule has 0 spiro atoms. The van der Waals surface area contributed by atoms with Crippen LogP contribution in [0.1, 0.15) is 94.9 Å². The molecule has 0 aromatic heterocycles. The molecule has 67 heavy (non-hydrogen) atoms. The number of aliphatic imine (C=N–C) groups is 3. The molecule has 0 fully saturated rings. The lowest BCUT2D eigenvalue weighted by Crippen LogP contribution is -2.29. The van der Waals surface area contributed by atoms with Gasteiger partial charge in [0.1, 0.15) is 6.04 Å². The number of fused-ring (bicyclic) bond motifs is 10. The van der Waals surface area contributed by atoms with Gasteiger partial charge in [-0.15, -0.1) is 0 Å². The Kier molecular flexibility index (Phi) is 9.74. The third kappa shape index (κ3) is 6.73. The topological polar surface area (TPSA) is 37.1 Å². The Balaban J connectivity index is 0.798. The average Bonchev–Trinajstić information content (AvgIpc) is 3.40. The molecule has 8 aliphatic rings. The van der Waals surface area contributed by atoms with Crippen LogP contribution < -0.4 is 0 Å². The first-order valence-electron chi connectivity index (χ1n) is 24.5. The summed E-state index contributed by atoms with van der Waals surface area (Å²) in [5.41, 5.74) is 24.6. The molecule has 5 aromatic carbocycles. The number of aryl methyl sites for hydroxylation is 1. The fourth-order valence-corrected chi connectivity index (χ4v) is 12.6. The molecule has 3 heteroatoms. The first kappa shape index (κ1) is 40.1. The Morgan fingerprint density at radius 2 is 1.39 bits per heavy atom. The maximum absolute atomic E-state index is 5.51. The van der Waals surface area contributed by atoms with E-state index >= 15 is 0 Å². The van der Waals surface area contributed by atoms with Gasteiger partial charge in [-0.25, -0.2) is 0 Å². The van der Waals surface area contributed by atoms with Crippen molar-refractivity contribution in [3.8, 4) is 0 Å². The zero-order chi connectivity index (χ0) is 44.6. The second kappa shape index (κ2) is 16.3. The third-order valence-corrected chi connectivity index (χ3v) is 15.9. The van der Waals surface area contributed by atoms with Crippen LogP contribution >= 0.6 is 0 Å². The molecule has 5 aliphatic carbocycles. The number of rotatable bonds is 6. The van der Waals surface area contributed by atoms with Crippen molar-refractivity contribution in [2.24, 2.45) is 32.7 Å². The van der Waals surface area contributed by atoms with E-state index in [0.717, 1.165) is 42.8 Å². The van der Waals surface area contributed by atoms with Crippen molar-refractivity contribution >= 4 is 34.0 Å². The highest BCUT2D eigenvalue weighted by molar-refractivity contribution is 6.12. The smallest absolute Gasteiger partial charge is 0.103 e. The van der Waals surface area contributed by atoms with Crippen LogP contribution in [-0.4, -0.2) is 23.2 Å². The standard InChI is InChI=1S/C64H53N3/c1-3-47-51(48-19-8-7-14-39(48)2)32-33-55-61(47)54-22-11-12-23-60(54)67-62(55)46-18-13-17-43(36-46)44-26-30-52-53-31-27-45(38-57(53)50-21-10-9-20-49(50)56(52)37-44)59-35-29-42-25-24-41-28-34-58(40-15-5-4-6-16-40)65-63(41)64(42)66-59/h4-27,29-33,35-36,38,42,44,53,55,57,61,64H,3,28,34,37H2,1-2H3. The SMILES string of the molecule is CCC1=C(c2ccccc2C)C=CC2C(c3cccc(C4C=CC5=C(C4)c4ccccc4C4C=C(C6=NC7C8=C(C=CC7C=C6)CCC(c6ccccc6)=N8)C=CC54)c3)=Nc3ccccc3C12. The minimum absolute atomic E-state index is 0.000249. The Labute approximate surface area is 395 Å². The highest BCUT2D eigenvalue weighted by atomic mass is 14.9. The predicted molar refractivity (Wildman–Crippen MR) is 278 cm³/mol. The molecule has 5 aromatic rings. The van der Waals surface area contributed by atoms with E-state index in [0.29, 0.717) is 0 Å². The number of allylic oxidation sites excluding steroid dienone is 15. The normalized spacial score (nSPS) is 26.3. The summed E-state index contributed by atoms with van der Waals surface area (Å²) in [5.74, 6) is 1.42. The monoisotopic (exact) mass is 863 g/mol. The molecule has 0 bridgehead atoms. The van der Waals surface area contributed by atoms with Gasteiger partial charge in [0.15, 0.2) is 0 Å². The molecular formula is C64H53N3. The van der Waals surface area contributed by atoms with Gasteiger partial charge in [-0.1, -0.05) is 189 Å². The van der Waals surface area contributed by atoms with Crippen LogP contribution in [0.4, 0.5) is 5.69 Å². The number of para-hydroxylation sites is 1. The van der Waals surface area contributed by atoms with Crippen molar-refractivity contribution < 1.29 is 0 Å². The van der Waals surface area contributed by atoms with Gasteiger partial charge in [-0.3, -0.25) is 15.0 Å². The third-order valence-electron chi connectivity index (χ3n) is 15.9. The fourth-order valence-electron chi connectivity index (χ4n) is 12.6. The van der Waals surface area contributed by atoms with Crippen LogP contribution in [0, 0.1) is 24.7 Å². The molecule has 3 nitrogen and oxygen atoms in total. The van der Waals surface area contributed by atoms with E-state index in [1.165, 1.54) is 89.4 Å². The van der Waals surface area contributed by atoms with Crippen LogP contribution in [0.25, 0.3) is 11.1 Å². The van der Waals surface area contributed by atoms with E-state index in [2.05, 4.69) is 208 Å². The number of nitrogens with zero attached hydrogens (tertiary/aromatic N) is 3. The van der Waals surface area contributed by atoms with E-state index < -0.39 is 0 Å². The molecule has 7 unspecified atom stereocenters. The van der Waals surface area contributed by atoms with Gasteiger partial charge in [0.25, 0.3) is 0 Å². The average molecular weight is 864 g/mol. The van der Waals surface area contributed by atoms with Crippen molar-refractivity contribution in [1.29, 1.82) is 0 Å². The summed E-state index contributed by atoms with van der Waals surface area (Å²) in [7, 11) is 0. The van der Waals surface area contributed by atoms with E-state index in [1.807, 2.05) is 0 Å². The van der Waals surface area contributed by atoms with Crippen molar-refractivity contribution in [2.45, 2.75) is 63.3 Å². The number of hydrogen-bond donors (Lipinski definition) is 0. The summed E-state index contributed by atoms with van der Waals surface area (Å²) in [4.78, 5) is 16.3. The number of dihydropyridines is 1. The van der Waals surface area contributed by atoms with E-state index in [4.69, 9.17) is 15.0 Å². The molecular weight excluding hydrogens is 811 g/mol. The first-order valence-corrected chi connectivity index (χ1v) is 24.5. The number of hydrogen-bond acceptors (Lipinski definition) is 3. The minimum Gasteiger partial charge on any atom is -0.274 e. The van der Waals surface area contributed by atoms with Crippen molar-refractivity contribution in [2.75, 3.05) is 0 Å². The largest absolute Gasteiger partial charge is 0.274 e. The molecule has 324 valence electrons. The fraction of sp³-hybridized carbons (Fsp3) is 0.203. The van der Waals surface area contributed by atoms with E-state index in [9.17, 15) is 0 Å². The van der Waals surface area contributed by atoms with Gasteiger partial charge < -0.3 is 0 Å². The summed E-state index contributed by atoms with van der Waals surface area (Å²) >= 11 is 0. The van der Waals surface area contributed by atoms with Crippen molar-refractivity contribution in [3.05, 3.63) is 267 Å². The lowest BCUT2D eigenvalue weighted by Gasteiger charge is -2.39. The summed E-state index contributed by atoms with van der Waals surface area (Å²) in [6.07, 6.45) is 30.3. The van der Waals surface area contributed by atoms with Gasteiger partial charge in [-0.2, -0.15) is 0 Å². The molecule has 0 saturated carbocycles. The molecule has 3 aliphatic heterocycles. The summed E-state index contributed by atoms with van der Waals surface area (Å²) < 4.78 is 0. The second-order valence-corrected chi connectivity index (χ2v) is 19.5. The van der Waals surface area contributed by atoms with Gasteiger partial charge >= 0.3 is 0 Å². The minimum atomic E-state index is -0.000249. The first-order chi connectivity index (χ1) is 33.1. The highest BCUT2D eigenvalue weighted by Gasteiger charge is 2.40. The Bertz CT molecular complexity index is 3290. The van der Waals surface area contributed by atoms with Gasteiger partial charge in [0.05, 0.1) is 22.8 Å². The predicted octanol–water partition coefficient (Wildman–Crippen LogP) is 15.1. The van der Waals surface area contributed by atoms with Crippen molar-refractivity contribution in [3.63, 3.8) is 0 Å². The van der Waals surface area contributed by atoms with E-state index in [-0.39, 0.29) is 41.5 Å². The quantitative estimate of drug-likeness (QED) is 0.163. The Hall–Kier alpha value is -7.23. The lowest BCUT2D eigenvalue weighted by atomic mass is 9.65. The van der Waals surface area contributed by atoms with Crippen LogP contribution in [-0.2, 0) is 0 Å². The van der Waals surface area contributed by atoms with E-state index in [1.54, 1.807) is 0 Å². The van der Waals surface area contributed by atoms with Crippen LogP contribution in [0.15, 0.2) is 237 Å². The van der Waals surface area contributed by atoms with Crippen LogP contribution in [0.2, 0.25) is 0 Å². The van der Waals surface area contributed by atoms with Crippen LogP contribution in [0.3, 0.4) is 0 Å². The van der Waals surface area contributed by atoms with Gasteiger partial charge in [-0.05, 0) is 123 Å². The zero-order valence-electron chi connectivity index (χ0n) is 38.2. The van der Waals surface area contributed by atoms with Crippen LogP contribution in [0.5, 0.6) is 0 Å². The molecule has 0 N–H and O–H groups in total. The molecule has 3 heterocycles. The molecule has 0 amide bonds. The van der Waals surface area contributed by atoms with Gasteiger partial charge in [0.2, 0.25) is 0 Å². The Morgan fingerprint density at radius 1 is 0.612 bits per heavy atom. The maximum atomic E-state index is 5.51. The Morgan fingerprint density at radius 3 is 2.27 bits per heavy atom. The highest BCUT2D eigenvalue weighted by Crippen LogP contribution is 2.53. The number of benzene rings is 5.